The molecule has 0 bridgehead atoms. The molecule has 1 saturated heterocycles. The number of hydrogen-bond donors (Lipinski definition) is 2. The summed E-state index contributed by atoms with van der Waals surface area (Å²) < 4.78 is 0. The maximum Gasteiger partial charge on any atom is 0.0354 e. The van der Waals surface area contributed by atoms with Crippen molar-refractivity contribution in [3.05, 3.63) is 0 Å². The lowest BCUT2D eigenvalue weighted by Crippen LogP contribution is -2.45. The van der Waals surface area contributed by atoms with Crippen LogP contribution in [0.15, 0.2) is 0 Å². The van der Waals surface area contributed by atoms with Crippen LogP contribution >= 0.6 is 0 Å². The third-order valence-electron chi connectivity index (χ3n) is 1.55. The average Bonchev–Trinajstić information content (AvgIpc) is 1.91. The van der Waals surface area contributed by atoms with Crippen LogP contribution in [0.5, 0.6) is 0 Å². The van der Waals surface area contributed by atoms with E-state index >= 15 is 0 Å². The van der Waals surface area contributed by atoms with E-state index in [4.69, 9.17) is 0 Å². The molecule has 1 heterocycles. The minimum absolute atomic E-state index is 0.573. The van der Waals surface area contributed by atoms with Crippen molar-refractivity contribution >= 4 is 0 Å². The first-order valence-electron chi connectivity index (χ1n) is 3.50. The molecule has 0 aromatic rings. The van der Waals surface area contributed by atoms with Gasteiger partial charge in [0.05, 0.1) is 0 Å². The Balaban J connectivity index is 2.08. The Morgan fingerprint density at radius 1 is 1.78 bits per heavy atom. The third-order valence-corrected chi connectivity index (χ3v) is 1.55. The van der Waals surface area contributed by atoms with E-state index in [1.165, 1.54) is 12.8 Å². The van der Waals surface area contributed by atoms with Gasteiger partial charge in [-0.15, -0.1) is 0 Å². The van der Waals surface area contributed by atoms with Crippen LogP contribution in [0.3, 0.4) is 0 Å². The summed E-state index contributed by atoms with van der Waals surface area (Å²) in [5.41, 5.74) is 7.17. The van der Waals surface area contributed by atoms with Crippen molar-refractivity contribution in [1.29, 1.82) is 0 Å². The van der Waals surface area contributed by atoms with Gasteiger partial charge in [-0.25, -0.2) is 5.43 Å². The maximum absolute atomic E-state index is 4.09. The summed E-state index contributed by atoms with van der Waals surface area (Å²) in [7, 11) is 1.97. The van der Waals surface area contributed by atoms with Crippen molar-refractivity contribution in [2.45, 2.75) is 18.9 Å². The standard InChI is InChI=1S/C6H14N3/c1-7-5-6-3-2-4-8-9-6/h6-7,9H,2-5H2,1H3. The van der Waals surface area contributed by atoms with Gasteiger partial charge in [-0.1, -0.05) is 0 Å². The second-order valence-corrected chi connectivity index (χ2v) is 2.41. The molecule has 2 N–H and O–H groups in total. The molecule has 1 atom stereocenters. The van der Waals surface area contributed by atoms with Crippen LogP contribution in [-0.4, -0.2) is 26.2 Å². The smallest absolute Gasteiger partial charge is 0.0354 e. The first kappa shape index (κ1) is 6.99. The molecule has 1 unspecified atom stereocenters. The molecule has 9 heavy (non-hydrogen) atoms. The molecule has 1 fully saturated rings. The Bertz CT molecular complexity index is 65.9. The van der Waals surface area contributed by atoms with Crippen molar-refractivity contribution in [2.24, 2.45) is 0 Å². The van der Waals surface area contributed by atoms with E-state index < -0.39 is 0 Å². The topological polar surface area (TPSA) is 38.2 Å². The third kappa shape index (κ3) is 2.30. The van der Waals surface area contributed by atoms with Gasteiger partial charge in [-0.3, -0.25) is 0 Å². The summed E-state index contributed by atoms with van der Waals surface area (Å²) >= 11 is 0. The molecule has 0 aliphatic carbocycles. The van der Waals surface area contributed by atoms with Gasteiger partial charge in [0.15, 0.2) is 0 Å². The lowest BCUT2D eigenvalue weighted by atomic mass is 10.1. The highest BCUT2D eigenvalue weighted by Crippen LogP contribution is 1.98. The molecule has 1 aliphatic rings. The zero-order valence-electron chi connectivity index (χ0n) is 5.85. The fourth-order valence-corrected chi connectivity index (χ4v) is 1.07. The molecule has 0 amide bonds. The summed E-state index contributed by atoms with van der Waals surface area (Å²) in [5, 5.41) is 3.11. The van der Waals surface area contributed by atoms with Crippen LogP contribution in [0, 0.1) is 0 Å². The van der Waals surface area contributed by atoms with Gasteiger partial charge in [0.2, 0.25) is 0 Å². The summed E-state index contributed by atoms with van der Waals surface area (Å²) in [6.45, 7) is 2.02. The van der Waals surface area contributed by atoms with Gasteiger partial charge in [-0.05, 0) is 19.9 Å². The Morgan fingerprint density at radius 2 is 2.67 bits per heavy atom. The predicted octanol–water partition coefficient (Wildman–Crippen LogP) is -0.523. The molecular weight excluding hydrogens is 114 g/mol. The number of nitrogens with one attached hydrogen (secondary N) is 2. The predicted molar refractivity (Wildman–Crippen MR) is 37.1 cm³/mol. The van der Waals surface area contributed by atoms with Crippen LogP contribution in [0.2, 0.25) is 0 Å². The van der Waals surface area contributed by atoms with E-state index in [0.29, 0.717) is 6.04 Å². The summed E-state index contributed by atoms with van der Waals surface area (Å²) in [6, 6.07) is 0.573. The highest BCUT2D eigenvalue weighted by atomic mass is 15.4. The van der Waals surface area contributed by atoms with Gasteiger partial charge < -0.3 is 5.32 Å². The highest BCUT2D eigenvalue weighted by Gasteiger charge is 2.10. The lowest BCUT2D eigenvalue weighted by Gasteiger charge is -2.21. The molecular formula is C6H14N3. The number of nitrogens with zero attached hydrogens (tertiary/aromatic N) is 1. The van der Waals surface area contributed by atoms with Gasteiger partial charge in [0.1, 0.15) is 0 Å². The fraction of sp³-hybridized carbons (Fsp3) is 1.00. The summed E-state index contributed by atoms with van der Waals surface area (Å²) in [4.78, 5) is 0. The highest BCUT2D eigenvalue weighted by molar-refractivity contribution is 4.70. The monoisotopic (exact) mass is 128 g/mol. The zero-order chi connectivity index (χ0) is 6.53. The molecule has 3 nitrogen and oxygen atoms in total. The van der Waals surface area contributed by atoms with Gasteiger partial charge in [0, 0.05) is 19.1 Å². The fourth-order valence-electron chi connectivity index (χ4n) is 1.07. The molecule has 0 spiro atoms. The SMILES string of the molecule is CNCC1CCC[N]N1. The molecule has 1 aliphatic heterocycles. The van der Waals surface area contributed by atoms with Crippen molar-refractivity contribution in [3.63, 3.8) is 0 Å². The van der Waals surface area contributed by atoms with Crippen LogP contribution in [0.25, 0.3) is 0 Å². The van der Waals surface area contributed by atoms with Gasteiger partial charge in [0.25, 0.3) is 0 Å². The lowest BCUT2D eigenvalue weighted by molar-refractivity contribution is 0.330. The Hall–Kier alpha value is -0.120. The number of likely N-dealkylation sites (N-methyl/N-ethyl adjacent to an activating group) is 1. The molecule has 0 aromatic heterocycles. The van der Waals surface area contributed by atoms with Crippen molar-refractivity contribution in [2.75, 3.05) is 20.1 Å². The van der Waals surface area contributed by atoms with E-state index in [-0.39, 0.29) is 0 Å². The van der Waals surface area contributed by atoms with Gasteiger partial charge >= 0.3 is 0 Å². The van der Waals surface area contributed by atoms with E-state index in [2.05, 4.69) is 16.2 Å². The minimum atomic E-state index is 0.573. The average molecular weight is 128 g/mol. The van der Waals surface area contributed by atoms with Crippen molar-refractivity contribution in [1.82, 2.24) is 16.2 Å². The molecule has 0 saturated carbocycles. The minimum Gasteiger partial charge on any atom is -0.318 e. The molecule has 3 heteroatoms. The molecule has 1 radical (unpaired) electrons. The van der Waals surface area contributed by atoms with Crippen LogP contribution in [0.4, 0.5) is 0 Å². The second kappa shape index (κ2) is 3.82. The van der Waals surface area contributed by atoms with Crippen molar-refractivity contribution in [3.8, 4) is 0 Å². The Labute approximate surface area is 56.2 Å². The molecule has 53 valence electrons. The van der Waals surface area contributed by atoms with Crippen LogP contribution in [0.1, 0.15) is 12.8 Å². The molecule has 0 aromatic carbocycles. The van der Waals surface area contributed by atoms with E-state index in [9.17, 15) is 0 Å². The van der Waals surface area contributed by atoms with Crippen LogP contribution < -0.4 is 16.2 Å². The zero-order valence-corrected chi connectivity index (χ0v) is 5.85. The van der Waals surface area contributed by atoms with Crippen molar-refractivity contribution < 1.29 is 0 Å². The summed E-state index contributed by atoms with van der Waals surface area (Å²) in [5.74, 6) is 0. The number of rotatable bonds is 2. The van der Waals surface area contributed by atoms with E-state index in [0.717, 1.165) is 13.1 Å². The van der Waals surface area contributed by atoms with Gasteiger partial charge in [-0.2, -0.15) is 5.43 Å². The normalized spacial score (nSPS) is 28.3. The van der Waals surface area contributed by atoms with E-state index in [1.807, 2.05) is 7.05 Å². The Morgan fingerprint density at radius 3 is 3.22 bits per heavy atom. The largest absolute Gasteiger partial charge is 0.318 e. The maximum atomic E-state index is 4.09. The summed E-state index contributed by atoms with van der Waals surface area (Å²) in [6.07, 6.45) is 2.49. The second-order valence-electron chi connectivity index (χ2n) is 2.41. The Kier molecular flexibility index (Phi) is 2.97. The quantitative estimate of drug-likeness (QED) is 0.525. The first-order valence-corrected chi connectivity index (χ1v) is 3.50. The first-order chi connectivity index (χ1) is 4.43. The number of hydrogen-bond acceptors (Lipinski definition) is 2. The van der Waals surface area contributed by atoms with Crippen LogP contribution in [-0.2, 0) is 0 Å². The van der Waals surface area contributed by atoms with E-state index in [1.54, 1.807) is 0 Å². The molecule has 1 rings (SSSR count).